The highest BCUT2D eigenvalue weighted by molar-refractivity contribution is 5.94. The summed E-state index contributed by atoms with van der Waals surface area (Å²) in [6.45, 7) is 1.09. The van der Waals surface area contributed by atoms with Crippen molar-refractivity contribution in [3.05, 3.63) is 42.5 Å². The molecule has 3 nitrogen and oxygen atoms in total. The molecule has 1 amide bonds. The van der Waals surface area contributed by atoms with E-state index in [2.05, 4.69) is 16.6 Å². The molecule has 0 saturated heterocycles. The van der Waals surface area contributed by atoms with Gasteiger partial charge in [-0.3, -0.25) is 4.79 Å². The van der Waals surface area contributed by atoms with Crippen molar-refractivity contribution in [3.8, 4) is 5.75 Å². The predicted molar refractivity (Wildman–Crippen MR) is 60.2 cm³/mol. The monoisotopic (exact) mass is 241 g/mol. The van der Waals surface area contributed by atoms with Gasteiger partial charge >= 0.3 is 6.61 Å². The molecular weight excluding hydrogens is 228 g/mol. The van der Waals surface area contributed by atoms with E-state index in [9.17, 15) is 13.6 Å². The van der Waals surface area contributed by atoms with Gasteiger partial charge in [0.15, 0.2) is 0 Å². The average molecular weight is 241 g/mol. The third kappa shape index (κ3) is 4.63. The van der Waals surface area contributed by atoms with E-state index in [-0.39, 0.29) is 17.2 Å². The number of ether oxygens (including phenoxy) is 1. The van der Waals surface area contributed by atoms with Gasteiger partial charge in [0.25, 0.3) is 5.91 Å². The minimum atomic E-state index is -2.89. The first kappa shape index (κ1) is 13.2. The fraction of sp³-hybridized carbons (Fsp3) is 0.250. The van der Waals surface area contributed by atoms with Crippen LogP contribution in [0, 0.1) is 0 Å². The molecule has 0 atom stereocenters. The van der Waals surface area contributed by atoms with Gasteiger partial charge in [-0.25, -0.2) is 0 Å². The van der Waals surface area contributed by atoms with Gasteiger partial charge < -0.3 is 10.1 Å². The van der Waals surface area contributed by atoms with Gasteiger partial charge in [0.1, 0.15) is 5.75 Å². The number of carbonyl (C=O) groups is 1. The van der Waals surface area contributed by atoms with Gasteiger partial charge in [-0.2, -0.15) is 8.78 Å². The molecule has 1 rings (SSSR count). The van der Waals surface area contributed by atoms with Crippen molar-refractivity contribution in [2.45, 2.75) is 13.0 Å². The maximum atomic E-state index is 12.0. The Hall–Kier alpha value is -1.91. The molecule has 0 fully saturated rings. The minimum absolute atomic E-state index is 0.0311. The van der Waals surface area contributed by atoms with Gasteiger partial charge in [0, 0.05) is 12.1 Å². The maximum Gasteiger partial charge on any atom is 0.387 e. The Morgan fingerprint density at radius 1 is 1.53 bits per heavy atom. The number of carbonyl (C=O) groups excluding carboxylic acids is 1. The first-order valence-electron chi connectivity index (χ1n) is 5.07. The number of halogens is 2. The highest BCUT2D eigenvalue weighted by Crippen LogP contribution is 2.15. The molecule has 0 saturated carbocycles. The van der Waals surface area contributed by atoms with Crippen LogP contribution in [0.2, 0.25) is 0 Å². The molecule has 0 spiro atoms. The molecule has 0 bridgehead atoms. The SMILES string of the molecule is C=CCCNC(=O)c1cccc(OC(F)F)c1. The van der Waals surface area contributed by atoms with E-state index in [0.29, 0.717) is 13.0 Å². The Balaban J connectivity index is 2.63. The van der Waals surface area contributed by atoms with Crippen molar-refractivity contribution >= 4 is 5.91 Å². The van der Waals surface area contributed by atoms with Crippen molar-refractivity contribution in [1.82, 2.24) is 5.32 Å². The zero-order chi connectivity index (χ0) is 12.7. The van der Waals surface area contributed by atoms with Crippen LogP contribution in [0.15, 0.2) is 36.9 Å². The van der Waals surface area contributed by atoms with Crippen LogP contribution in [0.25, 0.3) is 0 Å². The van der Waals surface area contributed by atoms with E-state index in [4.69, 9.17) is 0 Å². The molecule has 5 heteroatoms. The second kappa shape index (κ2) is 6.62. The van der Waals surface area contributed by atoms with Gasteiger partial charge in [0.2, 0.25) is 0 Å². The molecule has 0 heterocycles. The summed E-state index contributed by atoms with van der Waals surface area (Å²) in [7, 11) is 0. The highest BCUT2D eigenvalue weighted by Gasteiger charge is 2.08. The molecule has 1 aromatic rings. The van der Waals surface area contributed by atoms with E-state index in [1.54, 1.807) is 6.08 Å². The number of alkyl halides is 2. The largest absolute Gasteiger partial charge is 0.435 e. The van der Waals surface area contributed by atoms with E-state index < -0.39 is 6.61 Å². The summed E-state index contributed by atoms with van der Waals surface area (Å²) in [5, 5.41) is 2.63. The van der Waals surface area contributed by atoms with Crippen LogP contribution in [-0.4, -0.2) is 19.1 Å². The van der Waals surface area contributed by atoms with E-state index in [1.165, 1.54) is 24.3 Å². The van der Waals surface area contributed by atoms with Crippen molar-refractivity contribution in [1.29, 1.82) is 0 Å². The van der Waals surface area contributed by atoms with Crippen LogP contribution in [0.4, 0.5) is 8.78 Å². The second-order valence-electron chi connectivity index (χ2n) is 3.24. The fourth-order valence-corrected chi connectivity index (χ4v) is 1.20. The topological polar surface area (TPSA) is 38.3 Å². The lowest BCUT2D eigenvalue weighted by Gasteiger charge is -2.07. The van der Waals surface area contributed by atoms with Crippen LogP contribution in [0.3, 0.4) is 0 Å². The molecule has 0 unspecified atom stereocenters. The Kier molecular flexibility index (Phi) is 5.13. The van der Waals surface area contributed by atoms with E-state index in [1.807, 2.05) is 0 Å². The van der Waals surface area contributed by atoms with Crippen molar-refractivity contribution in [2.75, 3.05) is 6.54 Å². The van der Waals surface area contributed by atoms with Crippen LogP contribution in [0.5, 0.6) is 5.75 Å². The summed E-state index contributed by atoms with van der Waals surface area (Å²) in [6, 6.07) is 5.66. The van der Waals surface area contributed by atoms with E-state index in [0.717, 1.165) is 0 Å². The Morgan fingerprint density at radius 3 is 2.94 bits per heavy atom. The van der Waals surface area contributed by atoms with Crippen molar-refractivity contribution in [2.24, 2.45) is 0 Å². The zero-order valence-corrected chi connectivity index (χ0v) is 9.16. The molecule has 0 aliphatic heterocycles. The van der Waals surface area contributed by atoms with Gasteiger partial charge in [-0.15, -0.1) is 6.58 Å². The van der Waals surface area contributed by atoms with Crippen molar-refractivity contribution < 1.29 is 18.3 Å². The summed E-state index contributed by atoms with van der Waals surface area (Å²) >= 11 is 0. The first-order chi connectivity index (χ1) is 8.13. The van der Waals surface area contributed by atoms with Crippen LogP contribution >= 0.6 is 0 Å². The third-order valence-electron chi connectivity index (χ3n) is 1.96. The highest BCUT2D eigenvalue weighted by atomic mass is 19.3. The number of benzene rings is 1. The molecule has 92 valence electrons. The van der Waals surface area contributed by atoms with Crippen LogP contribution in [0.1, 0.15) is 16.8 Å². The van der Waals surface area contributed by atoms with E-state index >= 15 is 0 Å². The number of amides is 1. The third-order valence-corrected chi connectivity index (χ3v) is 1.96. The lowest BCUT2D eigenvalue weighted by molar-refractivity contribution is -0.0498. The van der Waals surface area contributed by atoms with Crippen molar-refractivity contribution in [3.63, 3.8) is 0 Å². The average Bonchev–Trinajstić information content (AvgIpc) is 2.28. The molecule has 0 aliphatic carbocycles. The lowest BCUT2D eigenvalue weighted by atomic mass is 10.2. The predicted octanol–water partition coefficient (Wildman–Crippen LogP) is 2.59. The molecule has 17 heavy (non-hydrogen) atoms. The number of hydrogen-bond acceptors (Lipinski definition) is 2. The Morgan fingerprint density at radius 2 is 2.29 bits per heavy atom. The summed E-state index contributed by atoms with van der Waals surface area (Å²) < 4.78 is 28.1. The summed E-state index contributed by atoms with van der Waals surface area (Å²) in [6.07, 6.45) is 2.33. The molecule has 0 aromatic heterocycles. The number of rotatable bonds is 6. The maximum absolute atomic E-state index is 12.0. The lowest BCUT2D eigenvalue weighted by Crippen LogP contribution is -2.24. The smallest absolute Gasteiger partial charge is 0.387 e. The van der Waals surface area contributed by atoms with Crippen LogP contribution in [-0.2, 0) is 0 Å². The zero-order valence-electron chi connectivity index (χ0n) is 9.16. The van der Waals surface area contributed by atoms with Gasteiger partial charge in [-0.1, -0.05) is 12.1 Å². The number of hydrogen-bond donors (Lipinski definition) is 1. The molecule has 1 aromatic carbocycles. The first-order valence-corrected chi connectivity index (χ1v) is 5.07. The molecule has 0 radical (unpaired) electrons. The summed E-state index contributed by atoms with van der Waals surface area (Å²) in [5.41, 5.74) is 0.284. The second-order valence-corrected chi connectivity index (χ2v) is 3.24. The minimum Gasteiger partial charge on any atom is -0.435 e. The fourth-order valence-electron chi connectivity index (χ4n) is 1.20. The number of nitrogens with one attached hydrogen (secondary N) is 1. The Labute approximate surface area is 98.1 Å². The molecule has 0 aliphatic rings. The quantitative estimate of drug-likeness (QED) is 0.614. The molecular formula is C12H13F2NO2. The summed E-state index contributed by atoms with van der Waals surface area (Å²) in [4.78, 5) is 11.6. The normalized spacial score (nSPS) is 10.1. The summed E-state index contributed by atoms with van der Waals surface area (Å²) in [5.74, 6) is -0.358. The van der Waals surface area contributed by atoms with Crippen LogP contribution < -0.4 is 10.1 Å². The standard InChI is InChI=1S/C12H13F2NO2/c1-2-3-7-15-11(16)9-5-4-6-10(8-9)17-12(13)14/h2,4-6,8,12H,1,3,7H2,(H,15,16). The molecule has 1 N–H and O–H groups in total. The Bertz CT molecular complexity index is 394. The van der Waals surface area contributed by atoms with Gasteiger partial charge in [0.05, 0.1) is 0 Å². The van der Waals surface area contributed by atoms with Gasteiger partial charge in [-0.05, 0) is 24.6 Å².